The number of nitrogens with zero attached hydrogens (tertiary/aromatic N) is 3. The molecule has 0 N–H and O–H groups in total. The number of benzene rings is 1. The van der Waals surface area contributed by atoms with Gasteiger partial charge in [-0.1, -0.05) is 18.2 Å². The maximum Gasteiger partial charge on any atom is 0.267 e. The van der Waals surface area contributed by atoms with Gasteiger partial charge >= 0.3 is 0 Å². The van der Waals surface area contributed by atoms with Crippen molar-refractivity contribution in [2.24, 2.45) is 0 Å². The van der Waals surface area contributed by atoms with Crippen LogP contribution in [0.25, 0.3) is 10.9 Å². The fourth-order valence-electron chi connectivity index (χ4n) is 3.29. The lowest BCUT2D eigenvalue weighted by molar-refractivity contribution is 0.176. The van der Waals surface area contributed by atoms with E-state index in [9.17, 15) is 0 Å². The van der Waals surface area contributed by atoms with E-state index >= 15 is 0 Å². The Morgan fingerprint density at radius 2 is 1.92 bits per heavy atom. The third-order valence-electron chi connectivity index (χ3n) is 4.51. The molecule has 0 saturated heterocycles. The van der Waals surface area contributed by atoms with Gasteiger partial charge in [0.05, 0.1) is 31.5 Å². The van der Waals surface area contributed by atoms with Crippen molar-refractivity contribution in [1.82, 2.24) is 0 Å². The van der Waals surface area contributed by atoms with Crippen LogP contribution in [0, 0.1) is 17.9 Å². The first-order valence-corrected chi connectivity index (χ1v) is 10.4. The predicted octanol–water partition coefficient (Wildman–Crippen LogP) is 4.37. The lowest BCUT2D eigenvalue weighted by atomic mass is 10.1. The van der Waals surface area contributed by atoms with Crippen LogP contribution in [0.4, 0.5) is 5.69 Å². The number of allylic oxidation sites excluding steroid dienone is 1. The molecule has 0 spiro atoms. The van der Waals surface area contributed by atoms with Crippen molar-refractivity contribution in [2.45, 2.75) is 9.79 Å². The lowest BCUT2D eigenvalue weighted by Crippen LogP contribution is -2.34. The van der Waals surface area contributed by atoms with Gasteiger partial charge < -0.3 is 9.64 Å². The quantitative estimate of drug-likeness (QED) is 0.564. The van der Waals surface area contributed by atoms with Crippen LogP contribution in [-0.4, -0.2) is 37.8 Å². The van der Waals surface area contributed by atoms with Crippen molar-refractivity contribution in [1.29, 1.82) is 5.26 Å². The van der Waals surface area contributed by atoms with Gasteiger partial charge in [-0.25, -0.2) is 10.1 Å². The highest BCUT2D eigenvalue weighted by atomic mass is 32.2. The summed E-state index contributed by atoms with van der Waals surface area (Å²) >= 11 is 3.87. The van der Waals surface area contributed by atoms with E-state index in [0.717, 1.165) is 30.2 Å². The zero-order valence-corrected chi connectivity index (χ0v) is 15.8. The average Bonchev–Trinajstić information content (AvgIpc) is 2.68. The van der Waals surface area contributed by atoms with Gasteiger partial charge in [0.15, 0.2) is 0 Å². The second-order valence-corrected chi connectivity index (χ2v) is 8.47. The van der Waals surface area contributed by atoms with Crippen molar-refractivity contribution in [3.05, 3.63) is 58.1 Å². The molecule has 0 radical (unpaired) electrons. The number of nitriles is 1. The minimum absolute atomic E-state index is 0.113. The van der Waals surface area contributed by atoms with E-state index in [0.29, 0.717) is 18.8 Å². The van der Waals surface area contributed by atoms with E-state index < -0.39 is 0 Å². The zero-order valence-electron chi connectivity index (χ0n) is 14.2. The van der Waals surface area contributed by atoms with E-state index in [1.165, 1.54) is 21.0 Å². The summed E-state index contributed by atoms with van der Waals surface area (Å²) in [4.78, 5) is 8.52. The molecule has 0 atom stereocenters. The minimum atomic E-state index is 0.113. The number of ether oxygens (including phenoxy) is 1. The maximum absolute atomic E-state index is 9.04. The highest BCUT2D eigenvalue weighted by Gasteiger charge is 2.24. The van der Waals surface area contributed by atoms with Crippen LogP contribution in [-0.2, 0) is 4.74 Å². The summed E-state index contributed by atoms with van der Waals surface area (Å²) in [5, 5.41) is 9.04. The molecule has 0 bridgehead atoms. The molecule has 0 unspecified atom stereocenters. The topological polar surface area (TPSA) is 40.6 Å². The standard InChI is InChI=1S/C20H17N3OS2/c1-22-17(11-21)16-8-15(12-24-13-16)3-2-14-9-18-20-19(10-14)26-7-5-23(20)4-6-25-18/h2-3,8-10H,4-7,12-13H2/b3-2+,17-16-. The summed E-state index contributed by atoms with van der Waals surface area (Å²) in [6.45, 7) is 10.2. The summed E-state index contributed by atoms with van der Waals surface area (Å²) in [7, 11) is 0. The Hall–Kier alpha value is -2.12. The van der Waals surface area contributed by atoms with Crippen LogP contribution in [0.1, 0.15) is 5.56 Å². The van der Waals surface area contributed by atoms with Gasteiger partial charge in [-0.3, -0.25) is 0 Å². The van der Waals surface area contributed by atoms with E-state index in [1.54, 1.807) is 0 Å². The zero-order chi connectivity index (χ0) is 17.9. The smallest absolute Gasteiger partial charge is 0.267 e. The molecule has 0 fully saturated rings. The molecule has 0 aromatic heterocycles. The SMILES string of the molecule is [C-]#[N+]/C(C#N)=C1C=C(/C=C/c2cc3c4c(c2)SCCN4CCS3)COC/1. The first kappa shape index (κ1) is 17.3. The molecule has 3 heterocycles. The summed E-state index contributed by atoms with van der Waals surface area (Å²) in [5.74, 6) is 2.29. The van der Waals surface area contributed by atoms with Crippen molar-refractivity contribution in [3.63, 3.8) is 0 Å². The lowest BCUT2D eigenvalue weighted by Gasteiger charge is -2.36. The van der Waals surface area contributed by atoms with Crippen molar-refractivity contribution in [3.8, 4) is 6.07 Å². The second-order valence-electron chi connectivity index (χ2n) is 6.19. The molecule has 130 valence electrons. The molecule has 1 aromatic rings. The third kappa shape index (κ3) is 3.41. The second kappa shape index (κ2) is 7.63. The van der Waals surface area contributed by atoms with E-state index in [1.807, 2.05) is 41.7 Å². The molecule has 3 aliphatic heterocycles. The molecule has 0 amide bonds. The van der Waals surface area contributed by atoms with Crippen LogP contribution in [0.15, 0.2) is 50.9 Å². The van der Waals surface area contributed by atoms with E-state index in [2.05, 4.69) is 28.0 Å². The molecular formula is C20H17N3OS2. The van der Waals surface area contributed by atoms with Gasteiger partial charge in [0.25, 0.3) is 5.70 Å². The van der Waals surface area contributed by atoms with Crippen molar-refractivity contribution in [2.75, 3.05) is 42.7 Å². The third-order valence-corrected chi connectivity index (χ3v) is 6.53. The number of anilines is 1. The summed E-state index contributed by atoms with van der Waals surface area (Å²) in [5.41, 5.74) is 4.36. The van der Waals surface area contributed by atoms with Crippen molar-refractivity contribution >= 4 is 35.3 Å². The van der Waals surface area contributed by atoms with Gasteiger partial charge in [-0.15, -0.1) is 23.5 Å². The Morgan fingerprint density at radius 3 is 2.58 bits per heavy atom. The van der Waals surface area contributed by atoms with Crippen LogP contribution >= 0.6 is 23.5 Å². The molecule has 0 saturated carbocycles. The van der Waals surface area contributed by atoms with Gasteiger partial charge in [-0.2, -0.15) is 0 Å². The predicted molar refractivity (Wildman–Crippen MR) is 107 cm³/mol. The fourth-order valence-corrected chi connectivity index (χ4v) is 5.61. The largest absolute Gasteiger partial charge is 0.373 e. The van der Waals surface area contributed by atoms with Crippen LogP contribution in [0.3, 0.4) is 0 Å². The summed E-state index contributed by atoms with van der Waals surface area (Å²) < 4.78 is 5.54. The molecule has 3 aliphatic rings. The van der Waals surface area contributed by atoms with Crippen LogP contribution in [0.2, 0.25) is 0 Å². The van der Waals surface area contributed by atoms with Crippen molar-refractivity contribution < 1.29 is 4.74 Å². The number of rotatable bonds is 2. The normalized spacial score (nSPS) is 20.8. The number of hydrogen-bond donors (Lipinski definition) is 0. The first-order chi connectivity index (χ1) is 12.8. The van der Waals surface area contributed by atoms with Gasteiger partial charge in [0.2, 0.25) is 0 Å². The molecule has 26 heavy (non-hydrogen) atoms. The number of thioether (sulfide) groups is 2. The Balaban J connectivity index is 1.63. The van der Waals surface area contributed by atoms with E-state index in [-0.39, 0.29) is 5.70 Å². The Kier molecular flexibility index (Phi) is 5.08. The van der Waals surface area contributed by atoms with Crippen LogP contribution < -0.4 is 4.90 Å². The highest BCUT2D eigenvalue weighted by Crippen LogP contribution is 2.45. The molecule has 4 nitrogen and oxygen atoms in total. The minimum Gasteiger partial charge on any atom is -0.373 e. The van der Waals surface area contributed by atoms with E-state index in [4.69, 9.17) is 16.6 Å². The molecule has 4 rings (SSSR count). The van der Waals surface area contributed by atoms with Crippen LogP contribution in [0.5, 0.6) is 0 Å². The maximum atomic E-state index is 9.04. The molecular weight excluding hydrogens is 362 g/mol. The van der Waals surface area contributed by atoms with Gasteiger partial charge in [-0.05, 0) is 28.8 Å². The molecule has 0 aliphatic carbocycles. The molecule has 6 heteroatoms. The Morgan fingerprint density at radius 1 is 1.19 bits per heavy atom. The fraction of sp³-hybridized carbons (Fsp3) is 0.300. The first-order valence-electron chi connectivity index (χ1n) is 8.44. The summed E-state index contributed by atoms with van der Waals surface area (Å²) in [6.07, 6.45) is 6.04. The monoisotopic (exact) mass is 379 g/mol. The van der Waals surface area contributed by atoms with Gasteiger partial charge in [0, 0.05) is 34.4 Å². The highest BCUT2D eigenvalue weighted by molar-refractivity contribution is 8.00. The average molecular weight is 380 g/mol. The van der Waals surface area contributed by atoms with Gasteiger partial charge in [0.1, 0.15) is 0 Å². The summed E-state index contributed by atoms with van der Waals surface area (Å²) in [6, 6.07) is 6.47. The Bertz CT molecular complexity index is 871. The number of hydrogen-bond acceptors (Lipinski definition) is 5. The Labute approximate surface area is 162 Å². The molecule has 1 aromatic carbocycles.